The van der Waals surface area contributed by atoms with Crippen LogP contribution in [0.2, 0.25) is 0 Å². The molecule has 0 fully saturated rings. The Morgan fingerprint density at radius 3 is 2.47 bits per heavy atom. The lowest BCUT2D eigenvalue weighted by Gasteiger charge is -2.07. The van der Waals surface area contributed by atoms with Crippen molar-refractivity contribution in [2.45, 2.75) is 6.42 Å². The predicted molar refractivity (Wildman–Crippen MR) is 107 cm³/mol. The van der Waals surface area contributed by atoms with Crippen molar-refractivity contribution in [3.05, 3.63) is 35.4 Å². The van der Waals surface area contributed by atoms with E-state index >= 15 is 0 Å². The number of phenolic OH excluding ortho intramolecular Hbond substituents is 5. The molecule has 10 nitrogen and oxygen atoms in total. The molecule has 1 aromatic heterocycles. The summed E-state index contributed by atoms with van der Waals surface area (Å²) in [5.74, 6) is -3.85. The van der Waals surface area contributed by atoms with Crippen LogP contribution in [0.4, 0.5) is 0 Å². The second-order valence-electron chi connectivity index (χ2n) is 6.40. The van der Waals surface area contributed by atoms with Crippen molar-refractivity contribution in [2.24, 2.45) is 0 Å². The van der Waals surface area contributed by atoms with E-state index in [1.165, 1.54) is 25.3 Å². The summed E-state index contributed by atoms with van der Waals surface area (Å²) in [5.41, 5.74) is 0.619. The number of hydrogen-bond donors (Lipinski definition) is 8. The Labute approximate surface area is 169 Å². The van der Waals surface area contributed by atoms with E-state index in [0.29, 0.717) is 5.56 Å². The molecule has 158 valence electrons. The first-order valence-corrected chi connectivity index (χ1v) is 8.76. The van der Waals surface area contributed by atoms with Crippen molar-refractivity contribution in [3.63, 3.8) is 0 Å². The van der Waals surface area contributed by atoms with Crippen molar-refractivity contribution < 1.29 is 40.2 Å². The molecule has 0 unspecified atom stereocenters. The fraction of sp³-hybridized carbons (Fsp3) is 0.150. The van der Waals surface area contributed by atoms with Crippen molar-refractivity contribution in [1.29, 1.82) is 0 Å². The smallest absolute Gasteiger partial charge is 0.244 e. The van der Waals surface area contributed by atoms with Crippen LogP contribution in [-0.2, 0) is 11.2 Å². The molecule has 3 rings (SSSR count). The number of aromatic amines is 1. The Hall–Kier alpha value is -4.21. The van der Waals surface area contributed by atoms with Gasteiger partial charge >= 0.3 is 0 Å². The van der Waals surface area contributed by atoms with E-state index in [4.69, 9.17) is 4.74 Å². The normalized spacial score (nSPS) is 11.2. The number of ether oxygens (including phenoxy) is 1. The maximum Gasteiger partial charge on any atom is 0.244 e. The third kappa shape index (κ3) is 3.70. The third-order valence-electron chi connectivity index (χ3n) is 4.53. The average molecular weight is 416 g/mol. The minimum absolute atomic E-state index is 0.0220. The van der Waals surface area contributed by atoms with Gasteiger partial charge in [-0.25, -0.2) is 0 Å². The Balaban J connectivity index is 1.70. The molecular weight excluding hydrogens is 396 g/mol. The first-order chi connectivity index (χ1) is 14.2. The summed E-state index contributed by atoms with van der Waals surface area (Å²) in [5, 5.41) is 61.4. The van der Waals surface area contributed by atoms with Crippen molar-refractivity contribution >= 4 is 22.9 Å². The molecule has 3 aromatic rings. The number of benzene rings is 2. The van der Waals surface area contributed by atoms with Gasteiger partial charge in [-0.3, -0.25) is 4.79 Å². The maximum absolute atomic E-state index is 12.0. The second kappa shape index (κ2) is 8.03. The Kier molecular flexibility index (Phi) is 5.50. The van der Waals surface area contributed by atoms with Gasteiger partial charge in [-0.05, 0) is 30.2 Å². The Bertz CT molecular complexity index is 1150. The lowest BCUT2D eigenvalue weighted by atomic mass is 10.1. The highest BCUT2D eigenvalue weighted by Gasteiger charge is 2.24. The van der Waals surface area contributed by atoms with E-state index in [1.54, 1.807) is 12.1 Å². The predicted octanol–water partition coefficient (Wildman–Crippen LogP) is 1.78. The molecule has 0 radical (unpaired) electrons. The average Bonchev–Trinajstić information content (AvgIpc) is 3.06. The summed E-state index contributed by atoms with van der Waals surface area (Å²) in [7, 11) is 1.41. The molecule has 0 aliphatic carbocycles. The highest BCUT2D eigenvalue weighted by molar-refractivity contribution is 5.99. The van der Waals surface area contributed by atoms with Gasteiger partial charge in [0.2, 0.25) is 17.4 Å². The van der Waals surface area contributed by atoms with Crippen LogP contribution >= 0.6 is 0 Å². The van der Waals surface area contributed by atoms with Gasteiger partial charge in [0, 0.05) is 18.2 Å². The number of H-pyrrole nitrogens is 1. The van der Waals surface area contributed by atoms with E-state index in [2.05, 4.69) is 10.3 Å². The van der Waals surface area contributed by atoms with Crippen molar-refractivity contribution in [1.82, 2.24) is 10.3 Å². The van der Waals surface area contributed by atoms with E-state index in [9.17, 15) is 35.4 Å². The molecule has 0 spiro atoms. The molecule has 1 amide bonds. The van der Waals surface area contributed by atoms with Crippen LogP contribution in [0.5, 0.6) is 40.4 Å². The topological polar surface area (TPSA) is 175 Å². The second-order valence-corrected chi connectivity index (χ2v) is 6.40. The molecule has 0 aliphatic rings. The summed E-state index contributed by atoms with van der Waals surface area (Å²) in [4.78, 5) is 14.4. The van der Waals surface area contributed by atoms with Crippen LogP contribution in [0.1, 0.15) is 11.1 Å². The summed E-state index contributed by atoms with van der Waals surface area (Å²) >= 11 is 0. The number of aromatic nitrogens is 1. The van der Waals surface area contributed by atoms with Gasteiger partial charge in [0.05, 0.1) is 18.0 Å². The highest BCUT2D eigenvalue weighted by Crippen LogP contribution is 2.50. The van der Waals surface area contributed by atoms with Gasteiger partial charge < -0.3 is 45.7 Å². The van der Waals surface area contributed by atoms with Gasteiger partial charge in [0.15, 0.2) is 28.9 Å². The lowest BCUT2D eigenvalue weighted by Crippen LogP contribution is -2.23. The van der Waals surface area contributed by atoms with Gasteiger partial charge in [-0.15, -0.1) is 0 Å². The van der Waals surface area contributed by atoms with Crippen molar-refractivity contribution in [3.8, 4) is 40.4 Å². The Morgan fingerprint density at radius 1 is 1.07 bits per heavy atom. The van der Waals surface area contributed by atoms with Gasteiger partial charge in [-0.1, -0.05) is 6.07 Å². The number of amides is 1. The minimum atomic E-state index is -0.920. The molecule has 0 saturated carbocycles. The van der Waals surface area contributed by atoms with Gasteiger partial charge in [0.25, 0.3) is 0 Å². The largest absolute Gasteiger partial charge is 0.504 e. The fourth-order valence-corrected chi connectivity index (χ4v) is 3.01. The minimum Gasteiger partial charge on any atom is -0.504 e. The number of carbonyl (C=O) groups is 1. The molecule has 0 aliphatic heterocycles. The Morgan fingerprint density at radius 2 is 1.77 bits per heavy atom. The SMILES string of the molecule is COc1cc(/C=C/C(=O)NCCc2c(O)[nH]c3c(O)c(O)c(O)c(O)c23)ccc1O. The lowest BCUT2D eigenvalue weighted by molar-refractivity contribution is -0.116. The number of hydrogen-bond acceptors (Lipinski definition) is 8. The van der Waals surface area contributed by atoms with Gasteiger partial charge in [-0.2, -0.15) is 0 Å². The maximum atomic E-state index is 12.0. The summed E-state index contributed by atoms with van der Waals surface area (Å²) in [6.07, 6.45) is 2.84. The summed E-state index contributed by atoms with van der Waals surface area (Å²) in [6.45, 7) is 0.0599. The fourth-order valence-electron chi connectivity index (χ4n) is 3.01. The quantitative estimate of drug-likeness (QED) is 0.170. The number of phenols is 5. The highest BCUT2D eigenvalue weighted by atomic mass is 16.5. The van der Waals surface area contributed by atoms with Crippen LogP contribution < -0.4 is 10.1 Å². The summed E-state index contributed by atoms with van der Waals surface area (Å²) < 4.78 is 5.00. The number of nitrogens with one attached hydrogen (secondary N) is 2. The third-order valence-corrected chi connectivity index (χ3v) is 4.53. The number of rotatable bonds is 6. The van der Waals surface area contributed by atoms with E-state index in [1.807, 2.05) is 0 Å². The zero-order chi connectivity index (χ0) is 22.0. The van der Waals surface area contributed by atoms with Crippen LogP contribution in [0.3, 0.4) is 0 Å². The molecule has 0 atom stereocenters. The molecule has 30 heavy (non-hydrogen) atoms. The molecular formula is C20H20N2O8. The molecule has 0 saturated heterocycles. The summed E-state index contributed by atoms with van der Waals surface area (Å²) in [6, 6.07) is 4.59. The zero-order valence-electron chi connectivity index (χ0n) is 15.8. The van der Waals surface area contributed by atoms with Crippen LogP contribution in [0.25, 0.3) is 17.0 Å². The zero-order valence-corrected chi connectivity index (χ0v) is 15.8. The monoisotopic (exact) mass is 416 g/mol. The number of aromatic hydroxyl groups is 6. The number of fused-ring (bicyclic) bond motifs is 1. The van der Waals surface area contributed by atoms with E-state index in [0.717, 1.165) is 0 Å². The van der Waals surface area contributed by atoms with Crippen LogP contribution in [-0.4, -0.2) is 55.2 Å². The molecule has 2 aromatic carbocycles. The van der Waals surface area contributed by atoms with Crippen LogP contribution in [0.15, 0.2) is 24.3 Å². The van der Waals surface area contributed by atoms with Crippen molar-refractivity contribution in [2.75, 3.05) is 13.7 Å². The molecule has 8 N–H and O–H groups in total. The first-order valence-electron chi connectivity index (χ1n) is 8.76. The van der Waals surface area contributed by atoms with E-state index in [-0.39, 0.29) is 46.8 Å². The number of carbonyl (C=O) groups excluding carboxylic acids is 1. The molecule has 0 bridgehead atoms. The van der Waals surface area contributed by atoms with Gasteiger partial charge in [0.1, 0.15) is 0 Å². The number of methoxy groups -OCH3 is 1. The molecule has 10 heteroatoms. The van der Waals surface area contributed by atoms with Crippen LogP contribution in [0, 0.1) is 0 Å². The standard InChI is InChI=1S/C20H20N2O8/c1-30-12-8-9(2-4-11(12)23)3-5-13(24)21-7-6-10-14-15(22-20(10)29)17(26)19(28)18(27)16(14)25/h2-5,8,22-23,25-29H,6-7H2,1H3,(H,21,24)/b5-3+. The van der Waals surface area contributed by atoms with E-state index < -0.39 is 28.9 Å². The molecule has 1 heterocycles. The first kappa shape index (κ1) is 20.5.